The number of ketones is 1. The lowest BCUT2D eigenvalue weighted by Crippen LogP contribution is -2.29. The van der Waals surface area contributed by atoms with E-state index >= 15 is 0 Å². The Morgan fingerprint density at radius 1 is 0.865 bits per heavy atom. The van der Waals surface area contributed by atoms with Crippen molar-refractivity contribution >= 4 is 28.8 Å². The first-order chi connectivity index (χ1) is 17.9. The lowest BCUT2D eigenvalue weighted by Gasteiger charge is -2.27. The molecule has 1 amide bonds. The summed E-state index contributed by atoms with van der Waals surface area (Å²) in [6.07, 6.45) is 0. The number of aliphatic hydroxyl groups excluding tert-OH is 1. The number of carbonyl (C=O) groups excluding carboxylic acids is 2. The molecule has 7 nitrogen and oxygen atoms in total. The number of benzene rings is 3. The Morgan fingerprint density at radius 2 is 1.46 bits per heavy atom. The third kappa shape index (κ3) is 5.03. The Balaban J connectivity index is 1.83. The lowest BCUT2D eigenvalue weighted by atomic mass is 9.95. The van der Waals surface area contributed by atoms with E-state index in [0.29, 0.717) is 34.9 Å². The number of methoxy groups -OCH3 is 1. The molecule has 192 valence electrons. The summed E-state index contributed by atoms with van der Waals surface area (Å²) in [5.74, 6) is -0.358. The molecule has 1 saturated heterocycles. The van der Waals surface area contributed by atoms with E-state index in [1.54, 1.807) is 55.6 Å². The van der Waals surface area contributed by atoms with Gasteiger partial charge in [0.2, 0.25) is 0 Å². The largest absolute Gasteiger partial charge is 0.507 e. The fourth-order valence-electron chi connectivity index (χ4n) is 4.64. The van der Waals surface area contributed by atoms with Crippen LogP contribution in [0, 0.1) is 0 Å². The van der Waals surface area contributed by atoms with Crippen LogP contribution < -0.4 is 19.3 Å². The molecule has 1 atom stereocenters. The maximum Gasteiger partial charge on any atom is 0.300 e. The summed E-state index contributed by atoms with van der Waals surface area (Å²) in [5, 5.41) is 11.3. The highest BCUT2D eigenvalue weighted by molar-refractivity contribution is 6.51. The number of anilines is 2. The van der Waals surface area contributed by atoms with E-state index in [2.05, 4.69) is 18.7 Å². The number of amides is 1. The monoisotopic (exact) mass is 500 g/mol. The van der Waals surface area contributed by atoms with Gasteiger partial charge in [0.15, 0.2) is 0 Å². The van der Waals surface area contributed by atoms with Crippen molar-refractivity contribution in [3.05, 3.63) is 89.5 Å². The van der Waals surface area contributed by atoms with Gasteiger partial charge in [-0.3, -0.25) is 14.5 Å². The van der Waals surface area contributed by atoms with Crippen LogP contribution in [0.1, 0.15) is 37.9 Å². The van der Waals surface area contributed by atoms with Crippen molar-refractivity contribution < 1.29 is 24.2 Å². The van der Waals surface area contributed by atoms with Crippen LogP contribution in [0.15, 0.2) is 78.4 Å². The van der Waals surface area contributed by atoms with Crippen molar-refractivity contribution in [3.63, 3.8) is 0 Å². The Morgan fingerprint density at radius 3 is 2.00 bits per heavy atom. The van der Waals surface area contributed by atoms with Crippen molar-refractivity contribution in [3.8, 4) is 11.5 Å². The van der Waals surface area contributed by atoms with Crippen molar-refractivity contribution in [1.29, 1.82) is 0 Å². The number of nitrogens with zero attached hydrogens (tertiary/aromatic N) is 2. The molecule has 1 N–H and O–H groups in total. The van der Waals surface area contributed by atoms with Crippen molar-refractivity contribution in [2.24, 2.45) is 0 Å². The zero-order valence-corrected chi connectivity index (χ0v) is 21.6. The van der Waals surface area contributed by atoms with E-state index in [4.69, 9.17) is 9.47 Å². The average molecular weight is 501 g/mol. The normalized spacial score (nSPS) is 16.6. The van der Waals surface area contributed by atoms with Crippen LogP contribution >= 0.6 is 0 Å². The van der Waals surface area contributed by atoms with Gasteiger partial charge in [0, 0.05) is 30.0 Å². The Labute approximate surface area is 217 Å². The molecule has 1 fully saturated rings. The van der Waals surface area contributed by atoms with Crippen molar-refractivity contribution in [1.82, 2.24) is 0 Å². The van der Waals surface area contributed by atoms with E-state index < -0.39 is 17.7 Å². The highest BCUT2D eigenvalue weighted by Crippen LogP contribution is 2.43. The van der Waals surface area contributed by atoms with Crippen LogP contribution in [0.5, 0.6) is 11.5 Å². The predicted octanol–water partition coefficient (Wildman–Crippen LogP) is 5.57. The fraction of sp³-hybridized carbons (Fsp3) is 0.267. The Hall–Kier alpha value is -4.26. The van der Waals surface area contributed by atoms with Crippen LogP contribution in [0.25, 0.3) is 5.76 Å². The smallest absolute Gasteiger partial charge is 0.300 e. The van der Waals surface area contributed by atoms with Gasteiger partial charge in [-0.2, -0.15) is 0 Å². The molecule has 37 heavy (non-hydrogen) atoms. The van der Waals surface area contributed by atoms with Gasteiger partial charge in [-0.25, -0.2) is 0 Å². The summed E-state index contributed by atoms with van der Waals surface area (Å²) in [7, 11) is 1.57. The molecule has 3 aromatic rings. The quantitative estimate of drug-likeness (QED) is 0.235. The average Bonchev–Trinajstić information content (AvgIpc) is 3.20. The SMILES string of the molecule is CCOc1ccc(/C(O)=C2\C(=O)C(=O)N(c3ccc(N(CC)CC)cc3)C2c2ccc(OC)cc2)cc1. The molecule has 1 unspecified atom stereocenters. The molecule has 0 aliphatic carbocycles. The molecule has 0 saturated carbocycles. The molecule has 0 aromatic heterocycles. The summed E-state index contributed by atoms with van der Waals surface area (Å²) >= 11 is 0. The molecule has 0 radical (unpaired) electrons. The van der Waals surface area contributed by atoms with Gasteiger partial charge in [-0.15, -0.1) is 0 Å². The molecule has 4 rings (SSSR count). The minimum atomic E-state index is -0.809. The number of Topliss-reactive ketones (excluding diaryl/α,β-unsaturated/α-hetero) is 1. The molecule has 1 aliphatic rings. The van der Waals surface area contributed by atoms with Crippen molar-refractivity contribution in [2.75, 3.05) is 36.6 Å². The van der Waals surface area contributed by atoms with Crippen LogP contribution in [-0.4, -0.2) is 43.6 Å². The van der Waals surface area contributed by atoms with Gasteiger partial charge in [-0.05, 0) is 87.0 Å². The Kier molecular flexibility index (Phi) is 7.82. The number of aliphatic hydroxyl groups is 1. The standard InChI is InChI=1S/C30H32N2O5/c1-5-31(6-2)22-12-14-23(15-13-22)32-27(20-8-16-24(36-4)17-9-20)26(29(34)30(32)35)28(33)21-10-18-25(19-11-21)37-7-3/h8-19,27,33H,5-7H2,1-4H3/b28-26+. The van der Waals surface area contributed by atoms with Crippen molar-refractivity contribution in [2.45, 2.75) is 26.8 Å². The second-order valence-corrected chi connectivity index (χ2v) is 8.59. The third-order valence-electron chi connectivity index (χ3n) is 6.57. The minimum absolute atomic E-state index is 0.0344. The summed E-state index contributed by atoms with van der Waals surface area (Å²) < 4.78 is 10.8. The summed E-state index contributed by atoms with van der Waals surface area (Å²) in [5.41, 5.74) is 2.74. The van der Waals surface area contributed by atoms with Gasteiger partial charge >= 0.3 is 0 Å². The lowest BCUT2D eigenvalue weighted by molar-refractivity contribution is -0.132. The number of ether oxygens (including phenoxy) is 2. The van der Waals surface area contributed by atoms with Crippen LogP contribution in [0.2, 0.25) is 0 Å². The number of rotatable bonds is 9. The molecule has 1 aliphatic heterocycles. The van der Waals surface area contributed by atoms with E-state index in [9.17, 15) is 14.7 Å². The second kappa shape index (κ2) is 11.2. The number of carbonyl (C=O) groups is 2. The second-order valence-electron chi connectivity index (χ2n) is 8.59. The summed E-state index contributed by atoms with van der Waals surface area (Å²) in [6, 6.07) is 20.7. The summed E-state index contributed by atoms with van der Waals surface area (Å²) in [6.45, 7) is 8.28. The maximum atomic E-state index is 13.4. The highest BCUT2D eigenvalue weighted by Gasteiger charge is 2.47. The first-order valence-corrected chi connectivity index (χ1v) is 12.5. The van der Waals surface area contributed by atoms with E-state index in [0.717, 1.165) is 18.8 Å². The minimum Gasteiger partial charge on any atom is -0.507 e. The van der Waals surface area contributed by atoms with E-state index in [1.165, 1.54) is 4.90 Å². The molecule has 0 spiro atoms. The number of hydrogen-bond acceptors (Lipinski definition) is 6. The molecule has 7 heteroatoms. The number of hydrogen-bond donors (Lipinski definition) is 1. The third-order valence-corrected chi connectivity index (χ3v) is 6.57. The van der Waals surface area contributed by atoms with Gasteiger partial charge in [-0.1, -0.05) is 12.1 Å². The van der Waals surface area contributed by atoms with Crippen LogP contribution in [0.3, 0.4) is 0 Å². The van der Waals surface area contributed by atoms with Crippen LogP contribution in [0.4, 0.5) is 11.4 Å². The zero-order chi connectivity index (χ0) is 26.5. The molecule has 3 aromatic carbocycles. The highest BCUT2D eigenvalue weighted by atomic mass is 16.5. The van der Waals surface area contributed by atoms with Gasteiger partial charge in [0.05, 0.1) is 25.3 Å². The predicted molar refractivity (Wildman–Crippen MR) is 145 cm³/mol. The molecule has 0 bridgehead atoms. The maximum absolute atomic E-state index is 13.4. The van der Waals surface area contributed by atoms with Crippen LogP contribution in [-0.2, 0) is 9.59 Å². The Bertz CT molecular complexity index is 1280. The van der Waals surface area contributed by atoms with Gasteiger partial charge < -0.3 is 19.5 Å². The summed E-state index contributed by atoms with van der Waals surface area (Å²) in [4.78, 5) is 30.4. The van der Waals surface area contributed by atoms with Gasteiger partial charge in [0.25, 0.3) is 11.7 Å². The van der Waals surface area contributed by atoms with E-state index in [1.807, 2.05) is 31.2 Å². The molecule has 1 heterocycles. The van der Waals surface area contributed by atoms with E-state index in [-0.39, 0.29) is 11.3 Å². The topological polar surface area (TPSA) is 79.3 Å². The first kappa shape index (κ1) is 25.8. The molecular weight excluding hydrogens is 468 g/mol. The zero-order valence-electron chi connectivity index (χ0n) is 21.6. The first-order valence-electron chi connectivity index (χ1n) is 12.5. The van der Waals surface area contributed by atoms with Gasteiger partial charge in [0.1, 0.15) is 17.3 Å². The molecular formula is C30H32N2O5. The fourth-order valence-corrected chi connectivity index (χ4v) is 4.64.